The zero-order valence-corrected chi connectivity index (χ0v) is 4.83. The van der Waals surface area contributed by atoms with Gasteiger partial charge in [0.1, 0.15) is 6.61 Å². The van der Waals surface area contributed by atoms with E-state index in [-0.39, 0.29) is 24.8 Å². The maximum absolute atomic E-state index is 10.5. The minimum Gasteiger partial charge on any atom is -0.387 e. The molecule has 50 valence electrons. The van der Waals surface area contributed by atoms with Crippen LogP contribution in [-0.2, 0) is 9.59 Å². The summed E-state index contributed by atoms with van der Waals surface area (Å²) >= 11 is 0. The van der Waals surface area contributed by atoms with Crippen molar-refractivity contribution in [3.63, 3.8) is 0 Å². The zero-order valence-electron chi connectivity index (χ0n) is 4.83. The second-order valence-electron chi connectivity index (χ2n) is 1.95. The minimum atomic E-state index is -0.493. The van der Waals surface area contributed by atoms with Crippen molar-refractivity contribution < 1.29 is 14.7 Å². The highest BCUT2D eigenvalue weighted by atomic mass is 16.3. The molecule has 9 heavy (non-hydrogen) atoms. The number of Topliss-reactive ketones (excluding diaryl/α,β-unsaturated/α-hetero) is 1. The van der Waals surface area contributed by atoms with Crippen LogP contribution >= 0.6 is 0 Å². The Morgan fingerprint density at radius 2 is 2.22 bits per heavy atom. The molecule has 0 unspecified atom stereocenters. The summed E-state index contributed by atoms with van der Waals surface area (Å²) < 4.78 is 0. The summed E-state index contributed by atoms with van der Waals surface area (Å²) in [6.45, 7) is -0.133. The van der Waals surface area contributed by atoms with Gasteiger partial charge in [0.15, 0.2) is 5.78 Å². The van der Waals surface area contributed by atoms with E-state index >= 15 is 0 Å². The minimum absolute atomic E-state index is 0.0526. The second-order valence-corrected chi connectivity index (χ2v) is 1.95. The topological polar surface area (TPSA) is 57.6 Å². The Labute approximate surface area is 52.1 Å². The van der Waals surface area contributed by atoms with Gasteiger partial charge < -0.3 is 10.0 Å². The van der Waals surface area contributed by atoms with E-state index in [1.54, 1.807) is 0 Å². The highest BCUT2D eigenvalue weighted by molar-refractivity contribution is 5.96. The molecule has 0 spiro atoms. The van der Waals surface area contributed by atoms with Crippen LogP contribution in [0.25, 0.3) is 0 Å². The Kier molecular flexibility index (Phi) is 1.48. The normalized spacial score (nSPS) is 17.4. The van der Waals surface area contributed by atoms with Crippen molar-refractivity contribution in [1.82, 2.24) is 4.90 Å². The predicted octanol–water partition coefficient (Wildman–Crippen LogP) is -1.61. The summed E-state index contributed by atoms with van der Waals surface area (Å²) in [5.74, 6) is -0.314. The van der Waals surface area contributed by atoms with Gasteiger partial charge >= 0.3 is 0 Å². The highest BCUT2D eigenvalue weighted by Gasteiger charge is 2.26. The molecule has 0 aliphatic carbocycles. The van der Waals surface area contributed by atoms with Gasteiger partial charge in [0.2, 0.25) is 5.91 Å². The van der Waals surface area contributed by atoms with Crippen molar-refractivity contribution in [3.8, 4) is 0 Å². The molecular weight excluding hydrogens is 122 g/mol. The number of carbonyl (C=O) groups is 2. The molecule has 0 atom stereocenters. The number of hydrogen-bond acceptors (Lipinski definition) is 3. The first kappa shape index (κ1) is 6.22. The first-order valence-corrected chi connectivity index (χ1v) is 2.64. The molecule has 0 aromatic carbocycles. The maximum atomic E-state index is 10.5. The summed E-state index contributed by atoms with van der Waals surface area (Å²) in [4.78, 5) is 22.0. The van der Waals surface area contributed by atoms with Crippen molar-refractivity contribution in [3.05, 3.63) is 0 Å². The number of aliphatic hydroxyl groups is 1. The highest BCUT2D eigenvalue weighted by Crippen LogP contribution is 2.00. The van der Waals surface area contributed by atoms with Crippen molar-refractivity contribution in [2.75, 3.05) is 19.7 Å². The van der Waals surface area contributed by atoms with Crippen LogP contribution < -0.4 is 0 Å². The number of hydrogen-bond donors (Lipinski definition) is 1. The van der Waals surface area contributed by atoms with Crippen molar-refractivity contribution in [2.45, 2.75) is 0 Å². The van der Waals surface area contributed by atoms with Gasteiger partial charge in [-0.05, 0) is 0 Å². The van der Waals surface area contributed by atoms with Crippen LogP contribution in [0.15, 0.2) is 0 Å². The van der Waals surface area contributed by atoms with Crippen LogP contribution in [0, 0.1) is 0 Å². The molecule has 0 aromatic rings. The average Bonchev–Trinajstić information content (AvgIpc) is 1.79. The summed E-state index contributed by atoms with van der Waals surface area (Å²) in [6.07, 6.45) is 0. The fraction of sp³-hybridized carbons (Fsp3) is 0.600. The lowest BCUT2D eigenvalue weighted by Gasteiger charge is -2.28. The Morgan fingerprint density at radius 1 is 1.67 bits per heavy atom. The fourth-order valence-corrected chi connectivity index (χ4v) is 0.656. The Balaban J connectivity index is 2.31. The number of ketones is 1. The van der Waals surface area contributed by atoms with E-state index in [1.165, 1.54) is 4.90 Å². The molecule has 1 aliphatic heterocycles. The Bertz CT molecular complexity index is 146. The van der Waals surface area contributed by atoms with Gasteiger partial charge in [-0.25, -0.2) is 0 Å². The molecule has 1 saturated heterocycles. The summed E-state index contributed by atoms with van der Waals surface area (Å²) in [7, 11) is 0. The van der Waals surface area contributed by atoms with E-state index in [0.29, 0.717) is 0 Å². The lowest BCUT2D eigenvalue weighted by molar-refractivity contribution is -0.146. The van der Waals surface area contributed by atoms with E-state index in [9.17, 15) is 9.59 Å². The lowest BCUT2D eigenvalue weighted by atomic mass is 10.2. The molecule has 0 saturated carbocycles. The smallest absolute Gasteiger partial charge is 0.249 e. The largest absolute Gasteiger partial charge is 0.387 e. The predicted molar refractivity (Wildman–Crippen MR) is 28.7 cm³/mol. The van der Waals surface area contributed by atoms with Gasteiger partial charge in [-0.1, -0.05) is 0 Å². The third-order valence-corrected chi connectivity index (χ3v) is 1.22. The molecule has 1 heterocycles. The van der Waals surface area contributed by atoms with Crippen LogP contribution in [0.2, 0.25) is 0 Å². The van der Waals surface area contributed by atoms with E-state index < -0.39 is 6.61 Å². The number of carbonyl (C=O) groups excluding carboxylic acids is 2. The van der Waals surface area contributed by atoms with Gasteiger partial charge in [-0.2, -0.15) is 0 Å². The van der Waals surface area contributed by atoms with Crippen LogP contribution in [0.3, 0.4) is 0 Å². The summed E-state index contributed by atoms with van der Waals surface area (Å²) in [5, 5.41) is 8.25. The molecule has 0 aromatic heterocycles. The number of likely N-dealkylation sites (tertiary alicyclic amines) is 1. The quantitative estimate of drug-likeness (QED) is 0.463. The van der Waals surface area contributed by atoms with Gasteiger partial charge in [-0.15, -0.1) is 0 Å². The van der Waals surface area contributed by atoms with Gasteiger partial charge in [0.05, 0.1) is 13.1 Å². The van der Waals surface area contributed by atoms with E-state index in [1.807, 2.05) is 0 Å². The average molecular weight is 129 g/mol. The zero-order chi connectivity index (χ0) is 6.85. The van der Waals surface area contributed by atoms with Crippen LogP contribution in [0.5, 0.6) is 0 Å². The monoisotopic (exact) mass is 129 g/mol. The molecule has 1 amide bonds. The molecule has 0 radical (unpaired) electrons. The second kappa shape index (κ2) is 2.14. The van der Waals surface area contributed by atoms with Crippen LogP contribution in [0.1, 0.15) is 0 Å². The molecule has 1 fully saturated rings. The number of rotatable bonds is 1. The standard InChI is InChI=1S/C5H7NO3/c7-3-5(9)6-1-4(8)2-6/h7H,1-3H2. The van der Waals surface area contributed by atoms with Crippen LogP contribution in [0.4, 0.5) is 0 Å². The molecule has 1 N–H and O–H groups in total. The fourth-order valence-electron chi connectivity index (χ4n) is 0.656. The molecule has 4 heteroatoms. The van der Waals surface area contributed by atoms with Gasteiger partial charge in [0, 0.05) is 0 Å². The molecule has 1 aliphatic rings. The SMILES string of the molecule is O=C1CN(C(=O)CO)C1. The number of nitrogens with zero attached hydrogens (tertiary/aromatic N) is 1. The van der Waals surface area contributed by atoms with Crippen molar-refractivity contribution in [1.29, 1.82) is 0 Å². The van der Waals surface area contributed by atoms with Crippen LogP contribution in [-0.4, -0.2) is 41.4 Å². The lowest BCUT2D eigenvalue weighted by Crippen LogP contribution is -2.51. The van der Waals surface area contributed by atoms with Gasteiger partial charge in [0.25, 0.3) is 0 Å². The third kappa shape index (κ3) is 1.08. The number of aliphatic hydroxyl groups excluding tert-OH is 1. The first-order valence-electron chi connectivity index (χ1n) is 2.64. The molecular formula is C5H7NO3. The van der Waals surface area contributed by atoms with E-state index in [4.69, 9.17) is 5.11 Å². The summed E-state index contributed by atoms with van der Waals surface area (Å²) in [6, 6.07) is 0. The number of amides is 1. The molecule has 4 nitrogen and oxygen atoms in total. The van der Waals surface area contributed by atoms with E-state index in [2.05, 4.69) is 0 Å². The Hall–Kier alpha value is -0.900. The molecule has 0 bridgehead atoms. The summed E-state index contributed by atoms with van der Waals surface area (Å²) in [5.41, 5.74) is 0. The first-order chi connectivity index (χ1) is 4.24. The maximum Gasteiger partial charge on any atom is 0.249 e. The Morgan fingerprint density at radius 3 is 2.56 bits per heavy atom. The third-order valence-electron chi connectivity index (χ3n) is 1.22. The van der Waals surface area contributed by atoms with Gasteiger partial charge in [-0.3, -0.25) is 9.59 Å². The van der Waals surface area contributed by atoms with Crippen molar-refractivity contribution in [2.24, 2.45) is 0 Å². The van der Waals surface area contributed by atoms with E-state index in [0.717, 1.165) is 0 Å². The molecule has 1 rings (SSSR count). The van der Waals surface area contributed by atoms with Crippen molar-refractivity contribution >= 4 is 11.7 Å².